The van der Waals surface area contributed by atoms with Crippen LogP contribution in [0.2, 0.25) is 0 Å². The van der Waals surface area contributed by atoms with Crippen LogP contribution in [0.25, 0.3) is 11.3 Å². The standard InChI is InChI=1S/C26H19N3O3/c30-21-11-6-19(7-12-21)16-25(32)29-26-23(15-8-18-4-2-1-3-5-18)28-24(17-27-26)20-9-13-22(31)14-10-20/h1-7,9-14,17,30-31H,16H2,(H,27,29,32). The third-order valence-corrected chi connectivity index (χ3v) is 4.59. The van der Waals surface area contributed by atoms with Crippen molar-refractivity contribution in [3.05, 3.63) is 102 Å². The number of phenolic OH excluding ortho intramolecular Hbond substituents is 2. The Bertz CT molecular complexity index is 1290. The molecule has 0 spiro atoms. The molecule has 156 valence electrons. The minimum Gasteiger partial charge on any atom is -0.508 e. The highest BCUT2D eigenvalue weighted by atomic mass is 16.3. The quantitative estimate of drug-likeness (QED) is 0.431. The summed E-state index contributed by atoms with van der Waals surface area (Å²) in [4.78, 5) is 21.5. The van der Waals surface area contributed by atoms with Crippen LogP contribution < -0.4 is 5.32 Å². The molecule has 4 rings (SSSR count). The average molecular weight is 421 g/mol. The van der Waals surface area contributed by atoms with Gasteiger partial charge >= 0.3 is 0 Å². The maximum absolute atomic E-state index is 12.6. The zero-order valence-corrected chi connectivity index (χ0v) is 17.0. The summed E-state index contributed by atoms with van der Waals surface area (Å²) < 4.78 is 0. The van der Waals surface area contributed by atoms with E-state index in [-0.39, 0.29) is 29.6 Å². The van der Waals surface area contributed by atoms with Crippen LogP contribution >= 0.6 is 0 Å². The molecule has 1 aromatic heterocycles. The third-order valence-electron chi connectivity index (χ3n) is 4.59. The molecule has 0 fully saturated rings. The Kier molecular flexibility index (Phi) is 6.10. The molecule has 1 heterocycles. The van der Waals surface area contributed by atoms with Crippen molar-refractivity contribution in [2.75, 3.05) is 5.32 Å². The highest BCUT2D eigenvalue weighted by molar-refractivity contribution is 5.92. The molecule has 4 aromatic rings. The fourth-order valence-corrected chi connectivity index (χ4v) is 2.97. The van der Waals surface area contributed by atoms with Gasteiger partial charge in [-0.3, -0.25) is 4.79 Å². The topological polar surface area (TPSA) is 95.3 Å². The molecule has 3 N–H and O–H groups in total. The molecule has 0 aliphatic rings. The molecule has 0 aliphatic carbocycles. The van der Waals surface area contributed by atoms with Crippen LogP contribution in [0.5, 0.6) is 11.5 Å². The first kappa shape index (κ1) is 20.6. The first-order chi connectivity index (χ1) is 15.6. The highest BCUT2D eigenvalue weighted by Gasteiger charge is 2.12. The summed E-state index contributed by atoms with van der Waals surface area (Å²) in [5, 5.41) is 21.7. The highest BCUT2D eigenvalue weighted by Crippen LogP contribution is 2.22. The van der Waals surface area contributed by atoms with E-state index in [1.165, 1.54) is 12.1 Å². The van der Waals surface area contributed by atoms with Crippen molar-refractivity contribution in [3.8, 4) is 34.6 Å². The summed E-state index contributed by atoms with van der Waals surface area (Å²) in [6.45, 7) is 0. The van der Waals surface area contributed by atoms with Gasteiger partial charge in [-0.1, -0.05) is 36.3 Å². The Hall–Kier alpha value is -4.63. The lowest BCUT2D eigenvalue weighted by atomic mass is 10.1. The molecule has 0 radical (unpaired) electrons. The number of anilines is 1. The Morgan fingerprint density at radius 3 is 2.19 bits per heavy atom. The molecule has 0 saturated heterocycles. The van der Waals surface area contributed by atoms with Gasteiger partial charge in [-0.15, -0.1) is 0 Å². The number of rotatable bonds is 4. The predicted molar refractivity (Wildman–Crippen MR) is 122 cm³/mol. The Morgan fingerprint density at radius 2 is 1.50 bits per heavy atom. The summed E-state index contributed by atoms with van der Waals surface area (Å²) in [5.41, 5.74) is 3.23. The van der Waals surface area contributed by atoms with Gasteiger partial charge in [-0.25, -0.2) is 9.97 Å². The number of hydrogen-bond acceptors (Lipinski definition) is 5. The van der Waals surface area contributed by atoms with Gasteiger partial charge in [0.1, 0.15) is 11.5 Å². The first-order valence-corrected chi connectivity index (χ1v) is 9.88. The van der Waals surface area contributed by atoms with Crippen LogP contribution in [0.3, 0.4) is 0 Å². The Morgan fingerprint density at radius 1 is 0.844 bits per heavy atom. The Balaban J connectivity index is 1.64. The molecule has 0 aliphatic heterocycles. The molecule has 0 unspecified atom stereocenters. The van der Waals surface area contributed by atoms with Crippen molar-refractivity contribution in [3.63, 3.8) is 0 Å². The van der Waals surface area contributed by atoms with E-state index < -0.39 is 0 Å². The second-order valence-electron chi connectivity index (χ2n) is 7.01. The zero-order valence-electron chi connectivity index (χ0n) is 17.0. The maximum atomic E-state index is 12.6. The lowest BCUT2D eigenvalue weighted by molar-refractivity contribution is -0.115. The van der Waals surface area contributed by atoms with E-state index in [0.717, 1.165) is 16.7 Å². The second kappa shape index (κ2) is 9.45. The number of amides is 1. The van der Waals surface area contributed by atoms with Crippen LogP contribution in [-0.2, 0) is 11.2 Å². The molecule has 6 nitrogen and oxygen atoms in total. The van der Waals surface area contributed by atoms with Crippen LogP contribution in [0.1, 0.15) is 16.8 Å². The molecule has 6 heteroatoms. The predicted octanol–water partition coefficient (Wildman–Crippen LogP) is 4.14. The molecular formula is C26H19N3O3. The van der Waals surface area contributed by atoms with E-state index >= 15 is 0 Å². The number of carbonyl (C=O) groups excluding carboxylic acids is 1. The largest absolute Gasteiger partial charge is 0.508 e. The van der Waals surface area contributed by atoms with Gasteiger partial charge in [0.2, 0.25) is 5.91 Å². The second-order valence-corrected chi connectivity index (χ2v) is 7.01. The van der Waals surface area contributed by atoms with E-state index in [9.17, 15) is 15.0 Å². The fourth-order valence-electron chi connectivity index (χ4n) is 2.97. The fraction of sp³-hybridized carbons (Fsp3) is 0.0385. The van der Waals surface area contributed by atoms with E-state index in [4.69, 9.17) is 0 Å². The minimum absolute atomic E-state index is 0.118. The number of nitrogens with zero attached hydrogens (tertiary/aromatic N) is 2. The number of nitrogens with one attached hydrogen (secondary N) is 1. The molecule has 0 bridgehead atoms. The minimum atomic E-state index is -0.273. The zero-order chi connectivity index (χ0) is 22.3. The van der Waals surface area contributed by atoms with E-state index in [2.05, 4.69) is 27.1 Å². The number of aromatic hydroxyl groups is 2. The van der Waals surface area contributed by atoms with Crippen LogP contribution in [0.4, 0.5) is 5.82 Å². The molecule has 1 amide bonds. The first-order valence-electron chi connectivity index (χ1n) is 9.88. The van der Waals surface area contributed by atoms with Gasteiger partial charge in [0.15, 0.2) is 11.5 Å². The summed E-state index contributed by atoms with van der Waals surface area (Å²) >= 11 is 0. The van der Waals surface area contributed by atoms with Crippen LogP contribution in [0, 0.1) is 11.8 Å². The van der Waals surface area contributed by atoms with Gasteiger partial charge in [0.25, 0.3) is 0 Å². The number of phenols is 2. The van der Waals surface area contributed by atoms with Gasteiger partial charge in [0, 0.05) is 11.1 Å². The number of carbonyl (C=O) groups is 1. The summed E-state index contributed by atoms with van der Waals surface area (Å²) in [7, 11) is 0. The number of aromatic nitrogens is 2. The SMILES string of the molecule is O=C(Cc1ccc(O)cc1)Nc1ncc(-c2ccc(O)cc2)nc1C#Cc1ccccc1. The number of hydrogen-bond donors (Lipinski definition) is 3. The third kappa shape index (κ3) is 5.29. The van der Waals surface area contributed by atoms with Crippen molar-refractivity contribution in [1.82, 2.24) is 9.97 Å². The average Bonchev–Trinajstić information content (AvgIpc) is 2.81. The van der Waals surface area contributed by atoms with E-state index in [1.807, 2.05) is 30.3 Å². The van der Waals surface area contributed by atoms with Crippen molar-refractivity contribution >= 4 is 11.7 Å². The smallest absolute Gasteiger partial charge is 0.230 e. The Labute approximate surface area is 185 Å². The number of benzene rings is 3. The van der Waals surface area contributed by atoms with Crippen LogP contribution in [0.15, 0.2) is 85.1 Å². The molecule has 3 aromatic carbocycles. The maximum Gasteiger partial charge on any atom is 0.230 e. The molecule has 0 atom stereocenters. The van der Waals surface area contributed by atoms with Gasteiger partial charge < -0.3 is 15.5 Å². The van der Waals surface area contributed by atoms with Crippen molar-refractivity contribution in [1.29, 1.82) is 0 Å². The van der Waals surface area contributed by atoms with E-state index in [1.54, 1.807) is 42.6 Å². The monoisotopic (exact) mass is 421 g/mol. The molecule has 32 heavy (non-hydrogen) atoms. The normalized spacial score (nSPS) is 10.1. The summed E-state index contributed by atoms with van der Waals surface area (Å²) in [5.74, 6) is 6.34. The van der Waals surface area contributed by atoms with Crippen LogP contribution in [-0.4, -0.2) is 26.1 Å². The summed E-state index contributed by atoms with van der Waals surface area (Å²) in [6.07, 6.45) is 1.67. The molecular weight excluding hydrogens is 402 g/mol. The van der Waals surface area contributed by atoms with Crippen molar-refractivity contribution < 1.29 is 15.0 Å². The lowest BCUT2D eigenvalue weighted by Gasteiger charge is -2.09. The summed E-state index contributed by atoms with van der Waals surface area (Å²) in [6, 6.07) is 22.5. The van der Waals surface area contributed by atoms with Crippen molar-refractivity contribution in [2.24, 2.45) is 0 Å². The van der Waals surface area contributed by atoms with Gasteiger partial charge in [-0.05, 0) is 60.0 Å². The molecule has 0 saturated carbocycles. The van der Waals surface area contributed by atoms with E-state index in [0.29, 0.717) is 11.4 Å². The van der Waals surface area contributed by atoms with Gasteiger partial charge in [-0.2, -0.15) is 0 Å². The van der Waals surface area contributed by atoms with Gasteiger partial charge in [0.05, 0.1) is 18.3 Å². The van der Waals surface area contributed by atoms with Crippen molar-refractivity contribution in [2.45, 2.75) is 6.42 Å². The lowest BCUT2D eigenvalue weighted by Crippen LogP contribution is -2.17.